The van der Waals surface area contributed by atoms with Gasteiger partial charge in [-0.2, -0.15) is 0 Å². The second-order valence-corrected chi connectivity index (χ2v) is 15.8. The molecule has 0 radical (unpaired) electrons. The van der Waals surface area contributed by atoms with Crippen molar-refractivity contribution >= 4 is 30.8 Å². The molecule has 0 aliphatic heterocycles. The van der Waals surface area contributed by atoms with Gasteiger partial charge in [-0.25, -0.2) is 9.78 Å². The van der Waals surface area contributed by atoms with E-state index in [4.69, 9.17) is 14.2 Å². The number of fused-ring (bicyclic) bond motifs is 1. The van der Waals surface area contributed by atoms with Crippen molar-refractivity contribution < 1.29 is 23.9 Å². The molecule has 2 aromatic rings. The molecule has 0 N–H and O–H groups in total. The number of ether oxygens (including phenoxy) is 3. The fourth-order valence-corrected chi connectivity index (χ4v) is 4.12. The summed E-state index contributed by atoms with van der Waals surface area (Å²) in [4.78, 5) is 28.6. The van der Waals surface area contributed by atoms with Crippen LogP contribution in [0.2, 0.25) is 25.7 Å². The lowest BCUT2D eigenvalue weighted by atomic mass is 9.99. The van der Waals surface area contributed by atoms with Crippen LogP contribution < -0.4 is 0 Å². The Morgan fingerprint density at radius 3 is 2.41 bits per heavy atom. The van der Waals surface area contributed by atoms with Crippen LogP contribution in [-0.4, -0.2) is 47.8 Å². The fraction of sp³-hybridized carbons (Fsp3) is 0.636. The van der Waals surface area contributed by atoms with E-state index in [2.05, 4.69) is 24.6 Å². The van der Waals surface area contributed by atoms with Crippen molar-refractivity contribution in [3.63, 3.8) is 0 Å². The molecule has 1 atom stereocenters. The van der Waals surface area contributed by atoms with Gasteiger partial charge >= 0.3 is 5.97 Å². The summed E-state index contributed by atoms with van der Waals surface area (Å²) < 4.78 is 18.6. The molecule has 1 heterocycles. The Kier molecular flexibility index (Phi) is 7.85. The smallest absolute Gasteiger partial charge is 0.339 e. The van der Waals surface area contributed by atoms with Crippen LogP contribution in [0, 0.1) is 24.0 Å². The highest BCUT2D eigenvalue weighted by molar-refractivity contribution is 6.76. The predicted molar refractivity (Wildman–Crippen MR) is 126 cm³/mol. The number of hydrogen-bond acceptors (Lipinski definition) is 7. The third-order valence-corrected chi connectivity index (χ3v) is 6.78. The molecule has 0 saturated carbocycles. The predicted octanol–water partition coefficient (Wildman–Crippen LogP) is 4.90. The van der Waals surface area contributed by atoms with E-state index in [1.165, 1.54) is 7.11 Å². The Bertz CT molecular complexity index is 1000. The number of hydrogen-bond donors (Lipinski definition) is 0. The molecule has 0 aliphatic rings. The number of carbonyl (C=O) groups is 1. The molecular formula is C22H35N3O6Si. The number of esters is 1. The maximum absolute atomic E-state index is 12.6. The monoisotopic (exact) mass is 465 g/mol. The highest BCUT2D eigenvalue weighted by Crippen LogP contribution is 2.37. The summed E-state index contributed by atoms with van der Waals surface area (Å²) in [6.07, 6.45) is -1.11. The summed E-state index contributed by atoms with van der Waals surface area (Å²) in [5.74, 6) is -0.0233. The average Bonchev–Trinajstić information content (AvgIpc) is 2.95. The first kappa shape index (κ1) is 26.0. The average molecular weight is 466 g/mol. The summed E-state index contributed by atoms with van der Waals surface area (Å²) in [7, 11) is 0.0197. The number of nitrogens with zero attached hydrogens (tertiary/aromatic N) is 3. The number of imidazole rings is 1. The summed E-state index contributed by atoms with van der Waals surface area (Å²) >= 11 is 0. The van der Waals surface area contributed by atoms with Crippen LogP contribution in [0.1, 0.15) is 43.8 Å². The third-order valence-electron chi connectivity index (χ3n) is 5.07. The van der Waals surface area contributed by atoms with E-state index in [9.17, 15) is 14.9 Å². The van der Waals surface area contributed by atoms with Gasteiger partial charge in [0.2, 0.25) is 0 Å². The van der Waals surface area contributed by atoms with E-state index in [1.54, 1.807) is 24.5 Å². The largest absolute Gasteiger partial charge is 0.467 e. The van der Waals surface area contributed by atoms with Crippen molar-refractivity contribution in [2.75, 3.05) is 13.7 Å². The van der Waals surface area contributed by atoms with Gasteiger partial charge in [0.15, 0.2) is 11.6 Å². The van der Waals surface area contributed by atoms with Crippen LogP contribution in [0.4, 0.5) is 5.69 Å². The molecule has 1 unspecified atom stereocenters. The standard InChI is InChI=1S/C22H35N3O6Si/c1-14-16(20(21(26)29-6)31-22(3,4)5)12-17-18(19(14)25(27)28)23-15(2)24(17)13-30-10-11-32(7,8)9/h12,20H,10-11,13H2,1-9H3. The number of rotatable bonds is 9. The van der Waals surface area contributed by atoms with Crippen molar-refractivity contribution in [2.45, 2.75) is 78.7 Å². The Labute approximate surface area is 190 Å². The summed E-state index contributed by atoms with van der Waals surface area (Å²) in [5, 5.41) is 12.0. The van der Waals surface area contributed by atoms with Crippen molar-refractivity contribution in [2.24, 2.45) is 0 Å². The SMILES string of the molecule is COC(=O)C(OC(C)(C)C)c1cc2c(nc(C)n2COCC[Si](C)(C)C)c([N+](=O)[O-])c1C. The first-order valence-electron chi connectivity index (χ1n) is 10.6. The molecule has 0 fully saturated rings. The maximum atomic E-state index is 12.6. The number of benzene rings is 1. The number of methoxy groups -OCH3 is 1. The lowest BCUT2D eigenvalue weighted by molar-refractivity contribution is -0.383. The van der Waals surface area contributed by atoms with Gasteiger partial charge in [0.05, 0.1) is 23.2 Å². The van der Waals surface area contributed by atoms with Crippen molar-refractivity contribution in [3.05, 3.63) is 33.1 Å². The van der Waals surface area contributed by atoms with Gasteiger partial charge in [0.1, 0.15) is 12.6 Å². The molecule has 0 spiro atoms. The van der Waals surface area contributed by atoms with E-state index < -0.39 is 30.7 Å². The highest BCUT2D eigenvalue weighted by atomic mass is 28.3. The molecule has 10 heteroatoms. The van der Waals surface area contributed by atoms with Crippen LogP contribution >= 0.6 is 0 Å². The van der Waals surface area contributed by atoms with Crippen molar-refractivity contribution in [1.82, 2.24) is 9.55 Å². The zero-order valence-electron chi connectivity index (χ0n) is 20.6. The van der Waals surface area contributed by atoms with Gasteiger partial charge < -0.3 is 18.8 Å². The van der Waals surface area contributed by atoms with Gasteiger partial charge in [0.25, 0.3) is 5.69 Å². The van der Waals surface area contributed by atoms with Gasteiger partial charge in [-0.15, -0.1) is 0 Å². The van der Waals surface area contributed by atoms with Crippen LogP contribution in [0.25, 0.3) is 11.0 Å². The zero-order chi connectivity index (χ0) is 24.4. The lowest BCUT2D eigenvalue weighted by Crippen LogP contribution is -2.28. The Balaban J connectivity index is 2.63. The summed E-state index contributed by atoms with van der Waals surface area (Å²) in [5.41, 5.74) is 0.676. The van der Waals surface area contributed by atoms with Crippen LogP contribution in [0.3, 0.4) is 0 Å². The van der Waals surface area contributed by atoms with E-state index in [-0.39, 0.29) is 17.9 Å². The van der Waals surface area contributed by atoms with Crippen molar-refractivity contribution in [1.29, 1.82) is 0 Å². The minimum atomic E-state index is -1.25. The first-order valence-corrected chi connectivity index (χ1v) is 14.3. The van der Waals surface area contributed by atoms with Gasteiger partial charge in [0, 0.05) is 25.8 Å². The number of aryl methyl sites for hydroxylation is 1. The minimum absolute atomic E-state index is 0.145. The zero-order valence-corrected chi connectivity index (χ0v) is 21.6. The number of aromatic nitrogens is 2. The molecule has 0 amide bonds. The number of nitro benzene ring substituents is 1. The van der Waals surface area contributed by atoms with Crippen LogP contribution in [-0.2, 0) is 25.7 Å². The topological polar surface area (TPSA) is 106 Å². The highest BCUT2D eigenvalue weighted by Gasteiger charge is 2.34. The Morgan fingerprint density at radius 1 is 1.28 bits per heavy atom. The Hall–Kier alpha value is -2.30. The second-order valence-electron chi connectivity index (χ2n) is 10.1. The second kappa shape index (κ2) is 9.68. The quantitative estimate of drug-likeness (QED) is 0.170. The lowest BCUT2D eigenvalue weighted by Gasteiger charge is -2.27. The van der Waals surface area contributed by atoms with Crippen LogP contribution in [0.15, 0.2) is 6.07 Å². The third kappa shape index (κ3) is 6.14. The summed E-state index contributed by atoms with van der Waals surface area (Å²) in [6.45, 7) is 16.5. The van der Waals surface area contributed by atoms with E-state index in [0.29, 0.717) is 29.1 Å². The van der Waals surface area contributed by atoms with Crippen LogP contribution in [0.5, 0.6) is 0 Å². The molecule has 2 rings (SSSR count). The fourth-order valence-electron chi connectivity index (χ4n) is 3.36. The summed E-state index contributed by atoms with van der Waals surface area (Å²) in [6, 6.07) is 2.74. The molecule has 0 saturated heterocycles. The molecule has 0 bridgehead atoms. The molecule has 1 aromatic heterocycles. The maximum Gasteiger partial charge on any atom is 0.339 e. The molecular weight excluding hydrogens is 430 g/mol. The molecule has 178 valence electrons. The molecule has 32 heavy (non-hydrogen) atoms. The van der Waals surface area contributed by atoms with Gasteiger partial charge in [-0.3, -0.25) is 10.1 Å². The van der Waals surface area contributed by atoms with Crippen molar-refractivity contribution in [3.8, 4) is 0 Å². The normalized spacial score (nSPS) is 13.4. The van der Waals surface area contributed by atoms with E-state index in [1.807, 2.05) is 20.8 Å². The number of carbonyl (C=O) groups excluding carboxylic acids is 1. The first-order chi connectivity index (χ1) is 14.7. The number of nitro groups is 1. The molecule has 0 aliphatic carbocycles. The van der Waals surface area contributed by atoms with E-state index in [0.717, 1.165) is 6.04 Å². The Morgan fingerprint density at radius 2 is 1.91 bits per heavy atom. The van der Waals surface area contributed by atoms with Gasteiger partial charge in [-0.05, 0) is 46.7 Å². The molecule has 9 nitrogen and oxygen atoms in total. The van der Waals surface area contributed by atoms with E-state index >= 15 is 0 Å². The minimum Gasteiger partial charge on any atom is -0.467 e. The van der Waals surface area contributed by atoms with Gasteiger partial charge in [-0.1, -0.05) is 19.6 Å². The molecule has 1 aromatic carbocycles.